The van der Waals surface area contributed by atoms with Gasteiger partial charge in [-0.15, -0.1) is 0 Å². The first-order chi connectivity index (χ1) is 13.4. The van der Waals surface area contributed by atoms with Gasteiger partial charge in [-0.2, -0.15) is 0 Å². The number of carboxylic acid groups (broad SMARTS) is 1. The second-order valence-electron chi connectivity index (χ2n) is 6.18. The third-order valence-corrected chi connectivity index (χ3v) is 4.15. The van der Waals surface area contributed by atoms with E-state index >= 15 is 0 Å². The molecule has 2 aromatic carbocycles. The number of nitrogens with zero attached hydrogens (tertiary/aromatic N) is 1. The molecule has 0 radical (unpaired) electrons. The Kier molecular flexibility index (Phi) is 5.74. The van der Waals surface area contributed by atoms with Gasteiger partial charge < -0.3 is 14.6 Å². The van der Waals surface area contributed by atoms with E-state index in [1.807, 2.05) is 0 Å². The summed E-state index contributed by atoms with van der Waals surface area (Å²) in [4.78, 5) is 36.5. The fourth-order valence-electron chi connectivity index (χ4n) is 2.67. The van der Waals surface area contributed by atoms with Gasteiger partial charge in [0.1, 0.15) is 12.4 Å². The molecular weight excluding hydrogens is 362 g/mol. The number of ketones is 1. The number of hydrogen-bond acceptors (Lipinski definition) is 5. The number of allylic oxidation sites excluding steroid dienone is 1. The van der Waals surface area contributed by atoms with Crippen molar-refractivity contribution >= 4 is 29.6 Å². The molecule has 1 amide bonds. The zero-order valence-electron chi connectivity index (χ0n) is 15.2. The van der Waals surface area contributed by atoms with Gasteiger partial charge >= 0.3 is 12.1 Å². The lowest BCUT2D eigenvalue weighted by Crippen LogP contribution is -2.23. The summed E-state index contributed by atoms with van der Waals surface area (Å²) in [5.74, 6) is -0.878. The number of ether oxygens (including phenoxy) is 2. The monoisotopic (exact) mass is 381 g/mol. The zero-order valence-corrected chi connectivity index (χ0v) is 15.2. The van der Waals surface area contributed by atoms with Crippen LogP contribution in [0.5, 0.6) is 5.75 Å². The molecule has 1 atom stereocenters. The van der Waals surface area contributed by atoms with Gasteiger partial charge in [-0.05, 0) is 42.8 Å². The van der Waals surface area contributed by atoms with Crippen LogP contribution < -0.4 is 9.64 Å². The minimum absolute atomic E-state index is 0.223. The molecule has 1 heterocycles. The lowest BCUT2D eigenvalue weighted by molar-refractivity contribution is -0.144. The second kappa shape index (κ2) is 8.39. The first-order valence-electron chi connectivity index (χ1n) is 8.70. The van der Waals surface area contributed by atoms with Crippen LogP contribution in [-0.4, -0.2) is 42.2 Å². The zero-order chi connectivity index (χ0) is 20.1. The van der Waals surface area contributed by atoms with E-state index in [-0.39, 0.29) is 5.78 Å². The van der Waals surface area contributed by atoms with Gasteiger partial charge in [-0.25, -0.2) is 9.59 Å². The third kappa shape index (κ3) is 4.56. The molecule has 1 aliphatic rings. The van der Waals surface area contributed by atoms with Gasteiger partial charge in [0.15, 0.2) is 11.9 Å². The summed E-state index contributed by atoms with van der Waals surface area (Å²) in [5.41, 5.74) is 1.75. The Morgan fingerprint density at radius 1 is 1.21 bits per heavy atom. The van der Waals surface area contributed by atoms with Crippen molar-refractivity contribution in [2.75, 3.05) is 18.1 Å². The highest BCUT2D eigenvalue weighted by Crippen LogP contribution is 2.21. The van der Waals surface area contributed by atoms with Crippen LogP contribution >= 0.6 is 0 Å². The van der Waals surface area contributed by atoms with Crippen molar-refractivity contribution in [3.05, 3.63) is 65.7 Å². The Balaban J connectivity index is 1.72. The molecule has 28 heavy (non-hydrogen) atoms. The predicted molar refractivity (Wildman–Crippen MR) is 103 cm³/mol. The largest absolute Gasteiger partial charge is 0.479 e. The third-order valence-electron chi connectivity index (χ3n) is 4.15. The average molecular weight is 381 g/mol. The number of cyclic esters (lactones) is 1. The van der Waals surface area contributed by atoms with E-state index in [0.717, 1.165) is 0 Å². The van der Waals surface area contributed by atoms with Crippen LogP contribution in [0.15, 0.2) is 54.6 Å². The normalized spacial score (nSPS) is 14.8. The quantitative estimate of drug-likeness (QED) is 0.584. The van der Waals surface area contributed by atoms with Gasteiger partial charge in [0.25, 0.3) is 0 Å². The first kappa shape index (κ1) is 19.2. The molecule has 0 aliphatic carbocycles. The Bertz CT molecular complexity index is 936. The van der Waals surface area contributed by atoms with Crippen molar-refractivity contribution in [3.63, 3.8) is 0 Å². The molecule has 1 fully saturated rings. The molecule has 3 rings (SSSR count). The molecule has 0 saturated carbocycles. The lowest BCUT2D eigenvalue weighted by atomic mass is 10.1. The van der Waals surface area contributed by atoms with E-state index in [0.29, 0.717) is 35.7 Å². The highest BCUT2D eigenvalue weighted by Gasteiger charge is 2.23. The van der Waals surface area contributed by atoms with Crippen LogP contribution in [0.3, 0.4) is 0 Å². The SMILES string of the molecule is CC(Oc1cccc(/C=C/C(=O)c2cccc(N3CCOC3=O)c2)c1)C(=O)O. The number of carbonyl (C=O) groups is 3. The van der Waals surface area contributed by atoms with E-state index in [4.69, 9.17) is 14.6 Å². The maximum atomic E-state index is 12.5. The van der Waals surface area contributed by atoms with Crippen molar-refractivity contribution in [2.45, 2.75) is 13.0 Å². The highest BCUT2D eigenvalue weighted by molar-refractivity contribution is 6.07. The fourth-order valence-corrected chi connectivity index (χ4v) is 2.67. The molecule has 0 spiro atoms. The van der Waals surface area contributed by atoms with Crippen LogP contribution in [0, 0.1) is 0 Å². The van der Waals surface area contributed by atoms with Gasteiger partial charge in [0, 0.05) is 11.3 Å². The van der Waals surface area contributed by atoms with Crippen molar-refractivity contribution in [1.29, 1.82) is 0 Å². The lowest BCUT2D eigenvalue weighted by Gasteiger charge is -2.13. The standard InChI is InChI=1S/C21H19NO6/c1-14(20(24)25)28-18-7-2-4-15(12-18)8-9-19(23)16-5-3-6-17(13-16)22-10-11-27-21(22)26/h2-9,12-14H,10-11H2,1H3,(H,24,25)/b9-8+. The Labute approximate surface area is 161 Å². The highest BCUT2D eigenvalue weighted by atomic mass is 16.6. The van der Waals surface area contributed by atoms with E-state index < -0.39 is 18.2 Å². The Morgan fingerprint density at radius 3 is 2.71 bits per heavy atom. The number of anilines is 1. The molecule has 1 saturated heterocycles. The van der Waals surface area contributed by atoms with Crippen LogP contribution in [-0.2, 0) is 9.53 Å². The van der Waals surface area contributed by atoms with Crippen LogP contribution in [0.25, 0.3) is 6.08 Å². The molecule has 1 N–H and O–H groups in total. The molecule has 0 bridgehead atoms. The Morgan fingerprint density at radius 2 is 2.00 bits per heavy atom. The molecule has 1 aliphatic heterocycles. The fraction of sp³-hybridized carbons (Fsp3) is 0.190. The van der Waals surface area contributed by atoms with Gasteiger partial charge in [-0.1, -0.05) is 30.3 Å². The van der Waals surface area contributed by atoms with Crippen LogP contribution in [0.2, 0.25) is 0 Å². The number of benzene rings is 2. The molecule has 0 aromatic heterocycles. The molecular formula is C21H19NO6. The summed E-state index contributed by atoms with van der Waals surface area (Å²) in [6, 6.07) is 13.6. The minimum atomic E-state index is -1.06. The molecule has 144 valence electrons. The van der Waals surface area contributed by atoms with E-state index in [2.05, 4.69) is 0 Å². The molecule has 2 aromatic rings. The van der Waals surface area contributed by atoms with Crippen molar-refractivity contribution in [2.24, 2.45) is 0 Å². The maximum absolute atomic E-state index is 12.5. The number of aliphatic carboxylic acids is 1. The number of carboxylic acids is 1. The maximum Gasteiger partial charge on any atom is 0.414 e. The number of carbonyl (C=O) groups excluding carboxylic acids is 2. The minimum Gasteiger partial charge on any atom is -0.479 e. The predicted octanol–water partition coefficient (Wildman–Crippen LogP) is 3.39. The summed E-state index contributed by atoms with van der Waals surface area (Å²) < 4.78 is 10.2. The summed E-state index contributed by atoms with van der Waals surface area (Å²) in [6.07, 6.45) is 1.65. The van der Waals surface area contributed by atoms with Crippen LogP contribution in [0.1, 0.15) is 22.8 Å². The van der Waals surface area contributed by atoms with Gasteiger partial charge in [0.2, 0.25) is 0 Å². The molecule has 1 unspecified atom stereocenters. The van der Waals surface area contributed by atoms with Gasteiger partial charge in [-0.3, -0.25) is 9.69 Å². The van der Waals surface area contributed by atoms with E-state index in [1.54, 1.807) is 54.6 Å². The average Bonchev–Trinajstić information content (AvgIpc) is 3.12. The number of hydrogen-bond donors (Lipinski definition) is 1. The van der Waals surface area contributed by atoms with Crippen molar-refractivity contribution in [3.8, 4) is 5.75 Å². The molecule has 7 nitrogen and oxygen atoms in total. The summed E-state index contributed by atoms with van der Waals surface area (Å²) in [6.45, 7) is 2.22. The van der Waals surface area contributed by atoms with Crippen LogP contribution in [0.4, 0.5) is 10.5 Å². The van der Waals surface area contributed by atoms with E-state index in [9.17, 15) is 14.4 Å². The summed E-state index contributed by atoms with van der Waals surface area (Å²) >= 11 is 0. The summed E-state index contributed by atoms with van der Waals surface area (Å²) in [5, 5.41) is 8.92. The van der Waals surface area contributed by atoms with Crippen molar-refractivity contribution in [1.82, 2.24) is 0 Å². The number of rotatable bonds is 7. The second-order valence-corrected chi connectivity index (χ2v) is 6.18. The topological polar surface area (TPSA) is 93.1 Å². The smallest absolute Gasteiger partial charge is 0.414 e. The van der Waals surface area contributed by atoms with E-state index in [1.165, 1.54) is 17.9 Å². The van der Waals surface area contributed by atoms with Gasteiger partial charge in [0.05, 0.1) is 6.54 Å². The molecule has 7 heteroatoms. The Hall–Kier alpha value is -3.61. The number of amides is 1. The summed E-state index contributed by atoms with van der Waals surface area (Å²) in [7, 11) is 0. The van der Waals surface area contributed by atoms with Crippen molar-refractivity contribution < 1.29 is 29.0 Å². The first-order valence-corrected chi connectivity index (χ1v) is 8.70.